The molecule has 6 heteroatoms. The number of nitrogens with one attached hydrogen (secondary N) is 1. The number of carbonyl (C=O) groups is 1. The number of nitrogens with zero attached hydrogens (tertiary/aromatic N) is 1. The lowest BCUT2D eigenvalue weighted by atomic mass is 10.0. The van der Waals surface area contributed by atoms with Gasteiger partial charge < -0.3 is 14.2 Å². The normalized spacial score (nSPS) is 12.3. The highest BCUT2D eigenvalue weighted by atomic mass is 35.5. The minimum atomic E-state index is -0.203. The Bertz CT molecular complexity index is 956. The van der Waals surface area contributed by atoms with Gasteiger partial charge in [-0.05, 0) is 71.1 Å². The molecule has 0 spiro atoms. The predicted octanol–water partition coefficient (Wildman–Crippen LogP) is 4.71. The maximum absolute atomic E-state index is 12.7. The molecule has 0 aliphatic rings. The third-order valence-corrected chi connectivity index (χ3v) is 4.75. The number of aryl methyl sites for hydroxylation is 4. The second-order valence-corrected chi connectivity index (χ2v) is 7.15. The number of amides is 1. The molecule has 0 saturated carbocycles. The van der Waals surface area contributed by atoms with Crippen molar-refractivity contribution < 1.29 is 13.6 Å². The molecule has 5 nitrogen and oxygen atoms in total. The van der Waals surface area contributed by atoms with E-state index in [0.29, 0.717) is 12.3 Å². The van der Waals surface area contributed by atoms with Crippen molar-refractivity contribution in [3.05, 3.63) is 58.2 Å². The van der Waals surface area contributed by atoms with Crippen LogP contribution in [0.5, 0.6) is 0 Å². The Labute approximate surface area is 166 Å². The molecule has 146 valence electrons. The van der Waals surface area contributed by atoms with Crippen molar-refractivity contribution in [3.8, 4) is 0 Å². The summed E-state index contributed by atoms with van der Waals surface area (Å²) in [5, 5.41) is 4.01. The summed E-state index contributed by atoms with van der Waals surface area (Å²) in [6.45, 7) is 8.35. The first-order valence-electron chi connectivity index (χ1n) is 8.79. The molecule has 1 unspecified atom stereocenters. The van der Waals surface area contributed by atoms with Gasteiger partial charge in [-0.15, -0.1) is 12.4 Å². The lowest BCUT2D eigenvalue weighted by Gasteiger charge is -2.22. The number of furan rings is 2. The van der Waals surface area contributed by atoms with E-state index in [4.69, 9.17) is 8.83 Å². The largest absolute Gasteiger partial charge is 0.465 e. The predicted molar refractivity (Wildman–Crippen MR) is 110 cm³/mol. The van der Waals surface area contributed by atoms with E-state index in [2.05, 4.69) is 11.4 Å². The molecule has 0 radical (unpaired) electrons. The Morgan fingerprint density at radius 3 is 2.41 bits per heavy atom. The van der Waals surface area contributed by atoms with Gasteiger partial charge in [-0.3, -0.25) is 9.69 Å². The van der Waals surface area contributed by atoms with Gasteiger partial charge in [-0.2, -0.15) is 0 Å². The number of halogens is 1. The van der Waals surface area contributed by atoms with E-state index in [0.717, 1.165) is 39.2 Å². The SMILES string of the molecule is Cc1cc(C)c2c(C)c(C(=O)NCC(c3ccc(C)o3)N(C)C)oc2c1.Cl. The highest BCUT2D eigenvalue weighted by Gasteiger charge is 2.22. The first-order chi connectivity index (χ1) is 12.3. The molecule has 0 bridgehead atoms. The lowest BCUT2D eigenvalue weighted by molar-refractivity contribution is 0.0912. The maximum atomic E-state index is 12.7. The number of hydrogen-bond acceptors (Lipinski definition) is 4. The van der Waals surface area contributed by atoms with E-state index in [1.54, 1.807) is 0 Å². The molecule has 0 aliphatic heterocycles. The standard InChI is InChI=1S/C21H26N2O3.ClH/c1-12-9-13(2)19-15(4)20(26-18(19)10-12)21(24)22-11-16(23(5)6)17-8-7-14(3)25-17;/h7-10,16H,11H2,1-6H3,(H,22,24);1H. The van der Waals surface area contributed by atoms with E-state index in [1.807, 2.05) is 64.9 Å². The molecular formula is C21H27ClN2O3. The van der Waals surface area contributed by atoms with Crippen LogP contribution in [-0.2, 0) is 0 Å². The van der Waals surface area contributed by atoms with Crippen molar-refractivity contribution in [1.29, 1.82) is 0 Å². The minimum absolute atomic E-state index is 0. The zero-order valence-electron chi connectivity index (χ0n) is 16.7. The van der Waals surface area contributed by atoms with Gasteiger partial charge in [0.05, 0.1) is 6.04 Å². The summed E-state index contributed by atoms with van der Waals surface area (Å²) in [5.41, 5.74) is 3.88. The van der Waals surface area contributed by atoms with Gasteiger partial charge in [-0.25, -0.2) is 0 Å². The van der Waals surface area contributed by atoms with E-state index in [-0.39, 0.29) is 24.4 Å². The van der Waals surface area contributed by atoms with Gasteiger partial charge in [0, 0.05) is 17.5 Å². The maximum Gasteiger partial charge on any atom is 0.287 e. The second-order valence-electron chi connectivity index (χ2n) is 7.15. The molecule has 0 fully saturated rings. The Morgan fingerprint density at radius 1 is 1.11 bits per heavy atom. The van der Waals surface area contributed by atoms with E-state index in [9.17, 15) is 4.79 Å². The highest BCUT2D eigenvalue weighted by Crippen LogP contribution is 2.29. The molecule has 2 aromatic heterocycles. The highest BCUT2D eigenvalue weighted by molar-refractivity contribution is 6.00. The third-order valence-electron chi connectivity index (χ3n) is 4.75. The molecule has 3 aromatic rings. The van der Waals surface area contributed by atoms with Gasteiger partial charge in [0.2, 0.25) is 0 Å². The molecule has 27 heavy (non-hydrogen) atoms. The van der Waals surface area contributed by atoms with Crippen LogP contribution in [0.3, 0.4) is 0 Å². The summed E-state index contributed by atoms with van der Waals surface area (Å²) >= 11 is 0. The van der Waals surface area contributed by atoms with Crippen LogP contribution in [0.1, 0.15) is 44.8 Å². The van der Waals surface area contributed by atoms with Crippen LogP contribution in [0, 0.1) is 27.7 Å². The second kappa shape index (κ2) is 8.19. The molecule has 1 aromatic carbocycles. The Kier molecular flexibility index (Phi) is 6.39. The van der Waals surface area contributed by atoms with E-state index < -0.39 is 0 Å². The smallest absolute Gasteiger partial charge is 0.287 e. The molecule has 1 N–H and O–H groups in total. The lowest BCUT2D eigenvalue weighted by Crippen LogP contribution is -2.34. The van der Waals surface area contributed by atoms with Crippen LogP contribution in [0.15, 0.2) is 33.1 Å². The van der Waals surface area contributed by atoms with Crippen LogP contribution < -0.4 is 5.32 Å². The van der Waals surface area contributed by atoms with Crippen molar-refractivity contribution in [2.75, 3.05) is 20.6 Å². The molecule has 3 rings (SSSR count). The topological polar surface area (TPSA) is 58.6 Å². The molecule has 0 aliphatic carbocycles. The van der Waals surface area contributed by atoms with Crippen molar-refractivity contribution in [3.63, 3.8) is 0 Å². The fourth-order valence-corrected chi connectivity index (χ4v) is 3.45. The van der Waals surface area contributed by atoms with E-state index in [1.165, 1.54) is 0 Å². The average molecular weight is 391 g/mol. The van der Waals surface area contributed by atoms with Gasteiger partial charge in [0.25, 0.3) is 5.91 Å². The number of likely N-dealkylation sites (N-methyl/N-ethyl adjacent to an activating group) is 1. The Balaban J connectivity index is 0.00000261. The summed E-state index contributed by atoms with van der Waals surface area (Å²) in [7, 11) is 3.93. The summed E-state index contributed by atoms with van der Waals surface area (Å²) in [6.07, 6.45) is 0. The monoisotopic (exact) mass is 390 g/mol. The van der Waals surface area contributed by atoms with Gasteiger partial charge in [0.1, 0.15) is 17.1 Å². The fourth-order valence-electron chi connectivity index (χ4n) is 3.45. The Morgan fingerprint density at radius 2 is 1.81 bits per heavy atom. The number of rotatable bonds is 5. The van der Waals surface area contributed by atoms with Crippen LogP contribution in [0.2, 0.25) is 0 Å². The average Bonchev–Trinajstić information content (AvgIpc) is 3.11. The van der Waals surface area contributed by atoms with Gasteiger partial charge in [0.15, 0.2) is 5.76 Å². The molecule has 1 atom stereocenters. The first kappa shape index (κ1) is 21.1. The van der Waals surface area contributed by atoms with Crippen molar-refractivity contribution in [1.82, 2.24) is 10.2 Å². The number of fused-ring (bicyclic) bond motifs is 1. The zero-order chi connectivity index (χ0) is 19.0. The Hall–Kier alpha value is -2.24. The van der Waals surface area contributed by atoms with Crippen LogP contribution in [-0.4, -0.2) is 31.4 Å². The molecular weight excluding hydrogens is 364 g/mol. The quantitative estimate of drug-likeness (QED) is 0.685. The van der Waals surface area contributed by atoms with E-state index >= 15 is 0 Å². The third kappa shape index (κ3) is 4.20. The zero-order valence-corrected chi connectivity index (χ0v) is 17.5. The van der Waals surface area contributed by atoms with Crippen LogP contribution >= 0.6 is 12.4 Å². The summed E-state index contributed by atoms with van der Waals surface area (Å²) in [4.78, 5) is 14.8. The number of carbonyl (C=O) groups excluding carboxylic acids is 1. The first-order valence-corrected chi connectivity index (χ1v) is 8.79. The minimum Gasteiger partial charge on any atom is -0.465 e. The van der Waals surface area contributed by atoms with Gasteiger partial charge >= 0.3 is 0 Å². The van der Waals surface area contributed by atoms with Crippen molar-refractivity contribution >= 4 is 29.3 Å². The molecule has 1 amide bonds. The summed E-state index contributed by atoms with van der Waals surface area (Å²) in [5.74, 6) is 1.87. The van der Waals surface area contributed by atoms with Crippen molar-refractivity contribution in [2.24, 2.45) is 0 Å². The molecule has 2 heterocycles. The summed E-state index contributed by atoms with van der Waals surface area (Å²) < 4.78 is 11.6. The number of hydrogen-bond donors (Lipinski definition) is 1. The van der Waals surface area contributed by atoms with Gasteiger partial charge in [-0.1, -0.05) is 6.07 Å². The van der Waals surface area contributed by atoms with Crippen molar-refractivity contribution in [2.45, 2.75) is 33.7 Å². The van der Waals surface area contributed by atoms with Crippen LogP contribution in [0.4, 0.5) is 0 Å². The molecule has 0 saturated heterocycles. The van der Waals surface area contributed by atoms with Crippen LogP contribution in [0.25, 0.3) is 11.0 Å². The fraction of sp³-hybridized carbons (Fsp3) is 0.381. The number of benzene rings is 1. The summed E-state index contributed by atoms with van der Waals surface area (Å²) in [6, 6.07) is 7.92.